The molecule has 3 rings (SSSR count). The molecule has 0 saturated carbocycles. The number of benzene rings is 1. The first kappa shape index (κ1) is 16.3. The van der Waals surface area contributed by atoms with Crippen molar-refractivity contribution in [3.05, 3.63) is 30.4 Å². The van der Waals surface area contributed by atoms with E-state index < -0.39 is 0 Å². The highest BCUT2D eigenvalue weighted by atomic mass is 32.2. The van der Waals surface area contributed by atoms with E-state index in [0.29, 0.717) is 29.0 Å². The Balaban J connectivity index is 1.73. The highest BCUT2D eigenvalue weighted by Gasteiger charge is 2.13. The fourth-order valence-electron chi connectivity index (χ4n) is 2.11. The van der Waals surface area contributed by atoms with E-state index in [4.69, 9.17) is 14.0 Å². The smallest absolute Gasteiger partial charge is 0.237 e. The Labute approximate surface area is 143 Å². The summed E-state index contributed by atoms with van der Waals surface area (Å²) in [5.41, 5.74) is 0.796. The summed E-state index contributed by atoms with van der Waals surface area (Å²) in [5.74, 6) is 2.82. The number of ether oxygens (including phenoxy) is 2. The third kappa shape index (κ3) is 3.35. The second-order valence-corrected chi connectivity index (χ2v) is 5.71. The van der Waals surface area contributed by atoms with Crippen molar-refractivity contribution < 1.29 is 14.0 Å². The number of aryl methyl sites for hydroxylation is 1. The number of hydrogen-bond donors (Lipinski definition) is 0. The van der Waals surface area contributed by atoms with Crippen LogP contribution in [0.15, 0.2) is 34.2 Å². The van der Waals surface area contributed by atoms with Gasteiger partial charge in [0.1, 0.15) is 6.33 Å². The molecule has 0 amide bonds. The molecule has 9 heteroatoms. The maximum Gasteiger partial charge on any atom is 0.237 e. The fraction of sp³-hybridized carbons (Fsp3) is 0.333. The quantitative estimate of drug-likeness (QED) is 0.603. The van der Waals surface area contributed by atoms with E-state index in [-0.39, 0.29) is 0 Å². The van der Waals surface area contributed by atoms with E-state index in [1.807, 2.05) is 29.7 Å². The van der Waals surface area contributed by atoms with Crippen LogP contribution in [0.4, 0.5) is 0 Å². The van der Waals surface area contributed by atoms with Gasteiger partial charge in [0.05, 0.1) is 20.0 Å². The summed E-state index contributed by atoms with van der Waals surface area (Å²) in [6.45, 7) is 2.85. The average Bonchev–Trinajstić information content (AvgIpc) is 3.28. The van der Waals surface area contributed by atoms with E-state index in [0.717, 1.165) is 17.3 Å². The molecule has 0 aliphatic carbocycles. The van der Waals surface area contributed by atoms with Crippen LogP contribution < -0.4 is 9.47 Å². The Morgan fingerprint density at radius 3 is 2.79 bits per heavy atom. The summed E-state index contributed by atoms with van der Waals surface area (Å²) in [4.78, 5) is 4.41. The molecule has 0 radical (unpaired) electrons. The molecular formula is C15H17N5O3S. The lowest BCUT2D eigenvalue weighted by atomic mass is 10.2. The van der Waals surface area contributed by atoms with Crippen LogP contribution in [0.25, 0.3) is 11.4 Å². The highest BCUT2D eigenvalue weighted by Crippen LogP contribution is 2.31. The standard InChI is InChI=1S/C15H17N5O3S/c1-4-20-9-16-18-15(20)24-8-13-17-14(19-23-13)10-5-6-11(21-2)12(7-10)22-3/h5-7,9H,4,8H2,1-3H3. The molecule has 2 aromatic heterocycles. The normalized spacial score (nSPS) is 10.8. The molecule has 24 heavy (non-hydrogen) atoms. The van der Waals surface area contributed by atoms with Gasteiger partial charge in [-0.05, 0) is 25.1 Å². The number of thioether (sulfide) groups is 1. The Morgan fingerprint density at radius 2 is 2.04 bits per heavy atom. The SMILES string of the molecule is CCn1cnnc1SCc1nc(-c2ccc(OC)c(OC)c2)no1. The summed E-state index contributed by atoms with van der Waals surface area (Å²) in [7, 11) is 3.18. The number of aromatic nitrogens is 5. The molecule has 3 aromatic rings. The number of nitrogens with zero attached hydrogens (tertiary/aromatic N) is 5. The van der Waals surface area contributed by atoms with Gasteiger partial charge in [-0.25, -0.2) is 0 Å². The summed E-state index contributed by atoms with van der Waals surface area (Å²) in [6.07, 6.45) is 1.70. The van der Waals surface area contributed by atoms with Gasteiger partial charge in [0.2, 0.25) is 11.7 Å². The second kappa shape index (κ2) is 7.35. The molecule has 126 valence electrons. The molecule has 0 atom stereocenters. The number of hydrogen-bond acceptors (Lipinski definition) is 8. The topological polar surface area (TPSA) is 88.1 Å². The Morgan fingerprint density at radius 1 is 1.21 bits per heavy atom. The van der Waals surface area contributed by atoms with Gasteiger partial charge in [-0.2, -0.15) is 4.98 Å². The first-order chi connectivity index (χ1) is 11.7. The number of methoxy groups -OCH3 is 2. The lowest BCUT2D eigenvalue weighted by Crippen LogP contribution is -1.95. The molecule has 1 aromatic carbocycles. The van der Waals surface area contributed by atoms with E-state index >= 15 is 0 Å². The van der Waals surface area contributed by atoms with Crippen LogP contribution in [0.1, 0.15) is 12.8 Å². The minimum Gasteiger partial charge on any atom is -0.493 e. The first-order valence-corrected chi connectivity index (χ1v) is 8.29. The van der Waals surface area contributed by atoms with Crippen molar-refractivity contribution in [2.24, 2.45) is 0 Å². The van der Waals surface area contributed by atoms with E-state index in [2.05, 4.69) is 20.3 Å². The Hall–Kier alpha value is -2.55. The third-order valence-electron chi connectivity index (χ3n) is 3.36. The molecule has 0 aliphatic heterocycles. The molecule has 0 saturated heterocycles. The largest absolute Gasteiger partial charge is 0.493 e. The van der Waals surface area contributed by atoms with Crippen molar-refractivity contribution in [2.45, 2.75) is 24.4 Å². The summed E-state index contributed by atoms with van der Waals surface area (Å²) in [6, 6.07) is 5.48. The molecule has 0 unspecified atom stereocenters. The summed E-state index contributed by atoms with van der Waals surface area (Å²) < 4.78 is 17.8. The molecule has 0 aliphatic rings. The van der Waals surface area contributed by atoms with Crippen molar-refractivity contribution in [1.82, 2.24) is 24.9 Å². The maximum absolute atomic E-state index is 5.31. The van der Waals surface area contributed by atoms with Gasteiger partial charge >= 0.3 is 0 Å². The minimum absolute atomic E-state index is 0.503. The molecule has 2 heterocycles. The van der Waals surface area contributed by atoms with Gasteiger partial charge in [-0.15, -0.1) is 10.2 Å². The zero-order valence-electron chi connectivity index (χ0n) is 13.6. The van der Waals surface area contributed by atoms with Crippen LogP contribution in [0.2, 0.25) is 0 Å². The zero-order valence-corrected chi connectivity index (χ0v) is 14.4. The van der Waals surface area contributed by atoms with Crippen molar-refractivity contribution in [3.8, 4) is 22.9 Å². The Bertz CT molecular complexity index is 817. The van der Waals surface area contributed by atoms with E-state index in [1.165, 1.54) is 11.8 Å². The third-order valence-corrected chi connectivity index (χ3v) is 4.32. The van der Waals surface area contributed by atoms with Crippen LogP contribution in [-0.4, -0.2) is 39.1 Å². The second-order valence-electron chi connectivity index (χ2n) is 4.77. The molecule has 0 bridgehead atoms. The van der Waals surface area contributed by atoms with Gasteiger partial charge in [0, 0.05) is 12.1 Å². The molecule has 0 fully saturated rings. The average molecular weight is 347 g/mol. The summed E-state index contributed by atoms with van der Waals surface area (Å²) >= 11 is 1.50. The van der Waals surface area contributed by atoms with Crippen molar-refractivity contribution >= 4 is 11.8 Å². The minimum atomic E-state index is 0.503. The maximum atomic E-state index is 5.31. The van der Waals surface area contributed by atoms with Crippen molar-refractivity contribution in [3.63, 3.8) is 0 Å². The first-order valence-electron chi connectivity index (χ1n) is 7.30. The van der Waals surface area contributed by atoms with E-state index in [1.54, 1.807) is 20.5 Å². The van der Waals surface area contributed by atoms with Gasteiger partial charge in [-0.1, -0.05) is 16.9 Å². The Kier molecular flexibility index (Phi) is 4.99. The monoisotopic (exact) mass is 347 g/mol. The fourth-order valence-corrected chi connectivity index (χ4v) is 2.92. The van der Waals surface area contributed by atoms with Crippen LogP contribution in [0.3, 0.4) is 0 Å². The van der Waals surface area contributed by atoms with Crippen molar-refractivity contribution in [1.29, 1.82) is 0 Å². The van der Waals surface area contributed by atoms with Crippen LogP contribution in [0.5, 0.6) is 11.5 Å². The van der Waals surface area contributed by atoms with Crippen molar-refractivity contribution in [2.75, 3.05) is 14.2 Å². The predicted octanol–water partition coefficient (Wildman–Crippen LogP) is 2.66. The lowest BCUT2D eigenvalue weighted by molar-refractivity contribution is 0.355. The van der Waals surface area contributed by atoms with Gasteiger partial charge in [0.25, 0.3) is 0 Å². The predicted molar refractivity (Wildman–Crippen MR) is 88.1 cm³/mol. The molecule has 0 spiro atoms. The van der Waals surface area contributed by atoms with Crippen LogP contribution in [-0.2, 0) is 12.3 Å². The van der Waals surface area contributed by atoms with Gasteiger partial charge in [-0.3, -0.25) is 0 Å². The van der Waals surface area contributed by atoms with Crippen LogP contribution >= 0.6 is 11.8 Å². The van der Waals surface area contributed by atoms with Gasteiger partial charge in [0.15, 0.2) is 16.7 Å². The number of rotatable bonds is 7. The lowest BCUT2D eigenvalue weighted by Gasteiger charge is -2.07. The van der Waals surface area contributed by atoms with Gasteiger partial charge < -0.3 is 18.6 Å². The molecular weight excluding hydrogens is 330 g/mol. The zero-order chi connectivity index (χ0) is 16.9. The summed E-state index contributed by atoms with van der Waals surface area (Å²) in [5, 5.41) is 12.8. The van der Waals surface area contributed by atoms with Crippen LogP contribution in [0, 0.1) is 0 Å². The van der Waals surface area contributed by atoms with E-state index in [9.17, 15) is 0 Å². The highest BCUT2D eigenvalue weighted by molar-refractivity contribution is 7.98. The molecule has 0 N–H and O–H groups in total. The molecule has 8 nitrogen and oxygen atoms in total.